The van der Waals surface area contributed by atoms with Gasteiger partial charge in [-0.1, -0.05) is 11.8 Å². The van der Waals surface area contributed by atoms with Gasteiger partial charge < -0.3 is 25.0 Å². The van der Waals surface area contributed by atoms with Gasteiger partial charge >= 0.3 is 6.09 Å². The summed E-state index contributed by atoms with van der Waals surface area (Å²) >= 11 is 0. The highest BCUT2D eigenvalue weighted by Gasteiger charge is 2.39. The Morgan fingerprint density at radius 2 is 1.95 bits per heavy atom. The Balaban J connectivity index is 1.57. The number of amides is 4. The molecular weight excluding hydrogens is 488 g/mol. The molecule has 0 aliphatic carbocycles. The van der Waals surface area contributed by atoms with Crippen molar-refractivity contribution in [3.63, 3.8) is 0 Å². The van der Waals surface area contributed by atoms with Gasteiger partial charge in [0.2, 0.25) is 11.8 Å². The summed E-state index contributed by atoms with van der Waals surface area (Å²) in [5.74, 6) is 5.27. The summed E-state index contributed by atoms with van der Waals surface area (Å²) in [5.41, 5.74) is 6.98. The first kappa shape index (κ1) is 29.1. The van der Waals surface area contributed by atoms with Crippen LogP contribution in [0, 0.1) is 11.8 Å². The third kappa shape index (κ3) is 8.30. The highest BCUT2D eigenvalue weighted by molar-refractivity contribution is 6.05. The van der Waals surface area contributed by atoms with Crippen LogP contribution in [0.5, 0.6) is 0 Å². The van der Waals surface area contributed by atoms with E-state index >= 15 is 0 Å². The minimum absolute atomic E-state index is 0.214. The van der Waals surface area contributed by atoms with Crippen LogP contribution in [-0.2, 0) is 25.6 Å². The number of hydrogen-bond donors (Lipinski definition) is 2. The van der Waals surface area contributed by atoms with E-state index in [0.717, 1.165) is 17.5 Å². The number of carbonyl (C=O) groups excluding carboxylic acids is 4. The van der Waals surface area contributed by atoms with Crippen molar-refractivity contribution in [3.8, 4) is 11.8 Å². The lowest BCUT2D eigenvalue weighted by Crippen LogP contribution is -2.52. The van der Waals surface area contributed by atoms with Crippen molar-refractivity contribution in [1.29, 1.82) is 0 Å². The van der Waals surface area contributed by atoms with Crippen molar-refractivity contribution in [2.24, 2.45) is 5.73 Å². The van der Waals surface area contributed by atoms with E-state index in [0.29, 0.717) is 64.2 Å². The van der Waals surface area contributed by atoms with Crippen molar-refractivity contribution in [1.82, 2.24) is 15.1 Å². The van der Waals surface area contributed by atoms with E-state index < -0.39 is 17.6 Å². The van der Waals surface area contributed by atoms with Crippen LogP contribution in [-0.4, -0.2) is 78.1 Å². The molecule has 0 spiro atoms. The van der Waals surface area contributed by atoms with Gasteiger partial charge in [0, 0.05) is 56.8 Å². The summed E-state index contributed by atoms with van der Waals surface area (Å²) in [6.45, 7) is 8.43. The smallest absolute Gasteiger partial charge is 0.410 e. The summed E-state index contributed by atoms with van der Waals surface area (Å²) < 4.78 is 11.1. The lowest BCUT2D eigenvalue weighted by molar-refractivity contribution is -0.136. The van der Waals surface area contributed by atoms with E-state index in [-0.39, 0.29) is 24.3 Å². The molecule has 10 nitrogen and oxygen atoms in total. The molecule has 3 N–H and O–H groups in total. The van der Waals surface area contributed by atoms with Gasteiger partial charge in [0.15, 0.2) is 0 Å². The highest BCUT2D eigenvalue weighted by Crippen LogP contribution is 2.28. The van der Waals surface area contributed by atoms with Crippen LogP contribution in [0.15, 0.2) is 18.2 Å². The number of nitrogens with zero attached hydrogens (tertiary/aromatic N) is 2. The number of nitrogens with two attached hydrogens (primary N) is 1. The molecule has 10 heteroatoms. The second kappa shape index (κ2) is 13.4. The van der Waals surface area contributed by atoms with Gasteiger partial charge in [-0.25, -0.2) is 4.79 Å². The maximum Gasteiger partial charge on any atom is 0.410 e. The van der Waals surface area contributed by atoms with Crippen LogP contribution in [0.25, 0.3) is 0 Å². The van der Waals surface area contributed by atoms with Crippen LogP contribution < -0.4 is 11.1 Å². The lowest BCUT2D eigenvalue weighted by atomic mass is 10.0. The van der Waals surface area contributed by atoms with Gasteiger partial charge in [-0.3, -0.25) is 19.7 Å². The van der Waals surface area contributed by atoms with Crippen LogP contribution in [0.3, 0.4) is 0 Å². The Morgan fingerprint density at radius 3 is 2.66 bits per heavy atom. The molecule has 1 unspecified atom stereocenters. The molecule has 38 heavy (non-hydrogen) atoms. The minimum Gasteiger partial charge on any atom is -0.444 e. The van der Waals surface area contributed by atoms with Crippen molar-refractivity contribution in [2.45, 2.75) is 71.1 Å². The maximum absolute atomic E-state index is 12.9. The second-order valence-electron chi connectivity index (χ2n) is 10.4. The fourth-order valence-electron chi connectivity index (χ4n) is 4.27. The summed E-state index contributed by atoms with van der Waals surface area (Å²) in [6, 6.07) is 4.72. The number of benzene rings is 1. The summed E-state index contributed by atoms with van der Waals surface area (Å²) in [5, 5.41) is 2.31. The first-order valence-electron chi connectivity index (χ1n) is 13.1. The molecule has 0 aromatic heterocycles. The first-order valence-corrected chi connectivity index (χ1v) is 13.1. The molecule has 0 saturated carbocycles. The van der Waals surface area contributed by atoms with Crippen LogP contribution in [0.1, 0.15) is 74.4 Å². The van der Waals surface area contributed by atoms with E-state index in [2.05, 4.69) is 17.2 Å². The number of rotatable bonds is 10. The van der Waals surface area contributed by atoms with Gasteiger partial charge in [0.05, 0.1) is 0 Å². The molecular formula is C28H38N4O6. The van der Waals surface area contributed by atoms with Crippen molar-refractivity contribution in [2.75, 3.05) is 32.8 Å². The lowest BCUT2D eigenvalue weighted by Gasteiger charge is -2.29. The van der Waals surface area contributed by atoms with Gasteiger partial charge in [-0.2, -0.15) is 0 Å². The highest BCUT2D eigenvalue weighted by atomic mass is 16.6. The van der Waals surface area contributed by atoms with E-state index in [4.69, 9.17) is 15.2 Å². The standard InChI is InChI=1S/C28H38N4O6/c1-28(2,3)38-27(36)31(15-7-17-37-16-6-13-29)14-5-4-8-20-9-10-22-21(18-20)19-32(26(22)35)23-11-12-24(33)30-25(23)34/h9-10,18,23H,5-7,11-17,19,29H2,1-3H3,(H,30,33,34). The number of fused-ring (bicyclic) bond motifs is 1. The zero-order chi connectivity index (χ0) is 27.7. The molecule has 0 bridgehead atoms. The summed E-state index contributed by atoms with van der Waals surface area (Å²) in [6.07, 6.45) is 2.09. The zero-order valence-electron chi connectivity index (χ0n) is 22.5. The summed E-state index contributed by atoms with van der Waals surface area (Å²) in [4.78, 5) is 52.4. The molecule has 3 rings (SSSR count). The fraction of sp³-hybridized carbons (Fsp3) is 0.571. The molecule has 206 valence electrons. The molecule has 1 aromatic carbocycles. The monoisotopic (exact) mass is 526 g/mol. The van der Waals surface area contributed by atoms with Crippen LogP contribution in [0.2, 0.25) is 0 Å². The van der Waals surface area contributed by atoms with Crippen molar-refractivity contribution in [3.05, 3.63) is 34.9 Å². The molecule has 2 aliphatic heterocycles. The number of piperidine rings is 1. The Kier molecular flexibility index (Phi) is 10.3. The zero-order valence-corrected chi connectivity index (χ0v) is 22.5. The Labute approximate surface area is 224 Å². The number of nitrogens with one attached hydrogen (secondary N) is 1. The average molecular weight is 527 g/mol. The molecule has 1 atom stereocenters. The van der Waals surface area contributed by atoms with E-state index in [1.54, 1.807) is 17.0 Å². The van der Waals surface area contributed by atoms with E-state index in [1.807, 2.05) is 26.8 Å². The quantitative estimate of drug-likeness (QED) is 0.271. The van der Waals surface area contributed by atoms with Crippen molar-refractivity contribution < 1.29 is 28.7 Å². The maximum atomic E-state index is 12.9. The largest absolute Gasteiger partial charge is 0.444 e. The van der Waals surface area contributed by atoms with Gasteiger partial charge in [0.1, 0.15) is 11.6 Å². The topological polar surface area (TPSA) is 131 Å². The molecule has 4 amide bonds. The molecule has 2 heterocycles. The fourth-order valence-corrected chi connectivity index (χ4v) is 4.27. The minimum atomic E-state index is -0.646. The molecule has 2 aliphatic rings. The second-order valence-corrected chi connectivity index (χ2v) is 10.4. The Morgan fingerprint density at radius 1 is 1.18 bits per heavy atom. The predicted octanol–water partition coefficient (Wildman–Crippen LogP) is 2.18. The SMILES string of the molecule is CC(C)(C)OC(=O)N(CCC#Cc1ccc2c(c1)CN(C1CCC(=O)NC1=O)C2=O)CCCOCCCN. The average Bonchev–Trinajstić information content (AvgIpc) is 3.16. The van der Waals surface area contributed by atoms with Crippen molar-refractivity contribution >= 4 is 23.8 Å². The summed E-state index contributed by atoms with van der Waals surface area (Å²) in [7, 11) is 0. The normalized spacial score (nSPS) is 17.0. The number of imide groups is 1. The first-order chi connectivity index (χ1) is 18.1. The van der Waals surface area contributed by atoms with Gasteiger partial charge in [0.25, 0.3) is 5.91 Å². The van der Waals surface area contributed by atoms with Gasteiger partial charge in [-0.15, -0.1) is 0 Å². The molecule has 0 radical (unpaired) electrons. The third-order valence-electron chi connectivity index (χ3n) is 6.12. The number of hydrogen-bond acceptors (Lipinski definition) is 7. The molecule has 1 fully saturated rings. The number of ether oxygens (including phenoxy) is 2. The molecule has 1 aromatic rings. The molecule has 1 saturated heterocycles. The predicted molar refractivity (Wildman–Crippen MR) is 141 cm³/mol. The third-order valence-corrected chi connectivity index (χ3v) is 6.12. The van der Waals surface area contributed by atoms with Crippen LogP contribution >= 0.6 is 0 Å². The number of carbonyl (C=O) groups is 4. The van der Waals surface area contributed by atoms with Gasteiger partial charge in [-0.05, 0) is 70.3 Å². The van der Waals surface area contributed by atoms with E-state index in [9.17, 15) is 19.2 Å². The van der Waals surface area contributed by atoms with Crippen LogP contribution in [0.4, 0.5) is 4.79 Å². The Bertz CT molecular complexity index is 1100. The Hall–Kier alpha value is -3.42. The van der Waals surface area contributed by atoms with E-state index in [1.165, 1.54) is 4.90 Å².